The number of nitro groups is 1. The van der Waals surface area contributed by atoms with E-state index >= 15 is 0 Å². The van der Waals surface area contributed by atoms with Crippen molar-refractivity contribution in [3.05, 3.63) is 130 Å². The van der Waals surface area contributed by atoms with Crippen LogP contribution < -0.4 is 16.4 Å². The molecule has 2 heterocycles. The van der Waals surface area contributed by atoms with Gasteiger partial charge in [0, 0.05) is 51.2 Å². The van der Waals surface area contributed by atoms with Gasteiger partial charge >= 0.3 is 12.4 Å². The molecule has 8 nitrogen and oxygen atoms in total. The van der Waals surface area contributed by atoms with Gasteiger partial charge in [-0.15, -0.1) is 0 Å². The Morgan fingerprint density at radius 3 is 1.81 bits per heavy atom. The van der Waals surface area contributed by atoms with E-state index in [1.807, 2.05) is 19.1 Å². The molecule has 0 radical (unpaired) electrons. The quantitative estimate of drug-likeness (QED) is 0.0953. The summed E-state index contributed by atoms with van der Waals surface area (Å²) in [7, 11) is 0. The summed E-state index contributed by atoms with van der Waals surface area (Å²) >= 11 is 0. The third kappa shape index (κ3) is 7.22. The largest absolute Gasteiger partial charge is 0.416 e. The Bertz CT molecular complexity index is 2150. The lowest BCUT2D eigenvalue weighted by Crippen LogP contribution is -2.05. The van der Waals surface area contributed by atoms with Crippen LogP contribution in [0.15, 0.2) is 97.3 Å². The first kappa shape index (κ1) is 33.4. The maximum atomic E-state index is 12.8. The molecule has 0 bridgehead atoms. The summed E-state index contributed by atoms with van der Waals surface area (Å²) in [6, 6.07) is 20.0. The van der Waals surface area contributed by atoms with Crippen LogP contribution >= 0.6 is 0 Å². The minimum absolute atomic E-state index is 0.0491. The number of fused-ring (bicyclic) bond motifs is 2. The second-order valence-corrected chi connectivity index (χ2v) is 10.7. The third-order valence-electron chi connectivity index (χ3n) is 7.40. The van der Waals surface area contributed by atoms with E-state index in [0.717, 1.165) is 46.3 Å². The van der Waals surface area contributed by atoms with Gasteiger partial charge in [-0.2, -0.15) is 26.3 Å². The van der Waals surface area contributed by atoms with Gasteiger partial charge in [-0.25, -0.2) is 9.97 Å². The van der Waals surface area contributed by atoms with Crippen LogP contribution in [-0.4, -0.2) is 14.9 Å². The molecule has 0 atom stereocenters. The highest BCUT2D eigenvalue weighted by molar-refractivity contribution is 6.02. The van der Waals surface area contributed by atoms with Gasteiger partial charge in [0.05, 0.1) is 21.4 Å². The average Bonchev–Trinajstić information content (AvgIpc) is 3.02. The van der Waals surface area contributed by atoms with Gasteiger partial charge in [-0.1, -0.05) is 30.3 Å². The topological polar surface area (TPSA) is 119 Å². The molecule has 2 aromatic heterocycles. The summed E-state index contributed by atoms with van der Waals surface area (Å²) in [5, 5.41) is 19.6. The smallest absolute Gasteiger partial charge is 0.383 e. The number of pyridine rings is 2. The molecule has 14 heteroatoms. The fraction of sp³-hybridized carbons (Fsp3) is 0.118. The Balaban J connectivity index is 0.000000188. The second kappa shape index (κ2) is 13.1. The van der Waals surface area contributed by atoms with Crippen molar-refractivity contribution in [2.24, 2.45) is 0 Å². The number of anilines is 5. The highest BCUT2D eigenvalue weighted by Crippen LogP contribution is 2.36. The van der Waals surface area contributed by atoms with Crippen molar-refractivity contribution in [3.63, 3.8) is 0 Å². The number of rotatable bonds is 5. The van der Waals surface area contributed by atoms with Crippen molar-refractivity contribution in [3.8, 4) is 0 Å². The molecular weight excluding hydrogens is 638 g/mol. The van der Waals surface area contributed by atoms with Crippen LogP contribution in [0, 0.1) is 24.0 Å². The van der Waals surface area contributed by atoms with Crippen molar-refractivity contribution < 1.29 is 31.3 Å². The van der Waals surface area contributed by atoms with E-state index < -0.39 is 28.4 Å². The first-order valence-electron chi connectivity index (χ1n) is 14.2. The molecule has 0 fully saturated rings. The summed E-state index contributed by atoms with van der Waals surface area (Å²) < 4.78 is 77.0. The number of aromatic nitrogens is 2. The predicted molar refractivity (Wildman–Crippen MR) is 173 cm³/mol. The number of hydrogen-bond acceptors (Lipinski definition) is 7. The summed E-state index contributed by atoms with van der Waals surface area (Å²) in [5.74, 6) is 0.634. The zero-order valence-corrected chi connectivity index (χ0v) is 25.2. The van der Waals surface area contributed by atoms with E-state index in [1.54, 1.807) is 37.4 Å². The number of nitro benzene ring substituents is 1. The van der Waals surface area contributed by atoms with Crippen LogP contribution in [0.25, 0.3) is 21.5 Å². The number of nitrogens with zero attached hydrogens (tertiary/aromatic N) is 3. The van der Waals surface area contributed by atoms with Crippen molar-refractivity contribution >= 4 is 55.9 Å². The Morgan fingerprint density at radius 1 is 0.667 bits per heavy atom. The van der Waals surface area contributed by atoms with E-state index in [4.69, 9.17) is 5.73 Å². The van der Waals surface area contributed by atoms with Crippen LogP contribution in [0.3, 0.4) is 0 Å². The Hall–Kier alpha value is -5.92. The molecule has 0 amide bonds. The summed E-state index contributed by atoms with van der Waals surface area (Å²) in [5.41, 5.74) is 7.00. The number of alkyl halides is 6. The second-order valence-electron chi connectivity index (χ2n) is 10.7. The monoisotopic (exact) mass is 664 g/mol. The Kier molecular flexibility index (Phi) is 9.10. The lowest BCUT2D eigenvalue weighted by molar-refractivity contribution is -0.383. The number of halogens is 6. The highest BCUT2D eigenvalue weighted by Gasteiger charge is 2.31. The van der Waals surface area contributed by atoms with Crippen LogP contribution in [0.5, 0.6) is 0 Å². The van der Waals surface area contributed by atoms with Crippen LogP contribution in [-0.2, 0) is 12.4 Å². The fourth-order valence-electron chi connectivity index (χ4n) is 5.07. The molecule has 0 spiro atoms. The number of hydrogen-bond donors (Lipinski definition) is 3. The minimum atomic E-state index is -4.46. The summed E-state index contributed by atoms with van der Waals surface area (Å²) in [4.78, 5) is 19.0. The lowest BCUT2D eigenvalue weighted by atomic mass is 10.1. The Labute approximate surface area is 269 Å². The normalized spacial score (nSPS) is 11.6. The molecule has 0 aliphatic carbocycles. The van der Waals surface area contributed by atoms with Crippen molar-refractivity contribution in [2.45, 2.75) is 26.2 Å². The zero-order chi connectivity index (χ0) is 34.8. The van der Waals surface area contributed by atoms with E-state index in [9.17, 15) is 36.5 Å². The molecule has 0 unspecified atom stereocenters. The molecule has 246 valence electrons. The first-order valence-corrected chi connectivity index (χ1v) is 14.2. The molecule has 0 aliphatic rings. The number of benzene rings is 4. The van der Waals surface area contributed by atoms with E-state index in [-0.39, 0.29) is 17.2 Å². The van der Waals surface area contributed by atoms with Crippen LogP contribution in [0.1, 0.15) is 22.3 Å². The zero-order valence-electron chi connectivity index (χ0n) is 25.2. The van der Waals surface area contributed by atoms with E-state index in [2.05, 4.69) is 20.6 Å². The van der Waals surface area contributed by atoms with E-state index in [0.29, 0.717) is 27.8 Å². The van der Waals surface area contributed by atoms with Crippen molar-refractivity contribution in [1.82, 2.24) is 9.97 Å². The summed E-state index contributed by atoms with van der Waals surface area (Å²) in [6.45, 7) is 3.50. The molecule has 0 aliphatic heterocycles. The van der Waals surface area contributed by atoms with Gasteiger partial charge in [0.2, 0.25) is 0 Å². The lowest BCUT2D eigenvalue weighted by Gasteiger charge is -2.15. The maximum absolute atomic E-state index is 12.8. The maximum Gasteiger partial charge on any atom is 0.416 e. The van der Waals surface area contributed by atoms with Gasteiger partial charge in [-0.3, -0.25) is 10.1 Å². The summed E-state index contributed by atoms with van der Waals surface area (Å²) in [6.07, 6.45) is -5.88. The van der Waals surface area contributed by atoms with Gasteiger partial charge in [-0.05, 0) is 74.0 Å². The molecule has 6 aromatic rings. The van der Waals surface area contributed by atoms with Crippen molar-refractivity contribution in [2.75, 3.05) is 16.4 Å². The van der Waals surface area contributed by atoms with Gasteiger partial charge in [0.1, 0.15) is 11.6 Å². The highest BCUT2D eigenvalue weighted by atomic mass is 19.4. The minimum Gasteiger partial charge on any atom is -0.383 e. The van der Waals surface area contributed by atoms with Crippen LogP contribution in [0.2, 0.25) is 0 Å². The van der Waals surface area contributed by atoms with Crippen molar-refractivity contribution in [1.29, 1.82) is 0 Å². The number of nitrogen functional groups attached to an aromatic ring is 1. The number of nitrogens with one attached hydrogen (secondary N) is 2. The SMILES string of the molecule is Cc1ccc2c(N)nccc2c1Nc1cccc(C(F)(F)F)c1.Cc1ccc2c(Nc3cccc(C(F)(F)F)c3)nccc2c1[N+](=O)[O-]. The number of aryl methyl sites for hydroxylation is 2. The molecule has 48 heavy (non-hydrogen) atoms. The predicted octanol–water partition coefficient (Wildman–Crippen LogP) is 10.1. The molecule has 4 N–H and O–H groups in total. The van der Waals surface area contributed by atoms with Gasteiger partial charge in [0.15, 0.2) is 0 Å². The van der Waals surface area contributed by atoms with Crippen LogP contribution in [0.4, 0.5) is 60.7 Å². The van der Waals surface area contributed by atoms with Gasteiger partial charge < -0.3 is 16.4 Å². The third-order valence-corrected chi connectivity index (χ3v) is 7.40. The number of nitrogens with two attached hydrogens (primary N) is 1. The molecular formula is C34H26F6N6O2. The van der Waals surface area contributed by atoms with Gasteiger partial charge in [0.25, 0.3) is 5.69 Å². The Morgan fingerprint density at radius 2 is 1.21 bits per heavy atom. The first-order chi connectivity index (χ1) is 22.6. The molecule has 0 saturated heterocycles. The molecule has 0 saturated carbocycles. The average molecular weight is 665 g/mol. The van der Waals surface area contributed by atoms with E-state index in [1.165, 1.54) is 30.5 Å². The molecule has 4 aromatic carbocycles. The fourth-order valence-corrected chi connectivity index (χ4v) is 5.07. The molecule has 6 rings (SSSR count). The standard InChI is InChI=1S/C17H12F3N3O2.C17H14F3N3/c1-10-5-6-14-13(15(10)23(24)25)7-8-21-16(14)22-12-4-2-3-11(9-12)17(18,19)20;1-10-5-6-14-13(7-8-22-16(14)21)15(10)23-12-4-2-3-11(9-12)17(18,19)20/h2-9H,1H3,(H,21,22);2-9,23H,1H3,(H2,21,22).